The van der Waals surface area contributed by atoms with Crippen molar-refractivity contribution in [1.29, 1.82) is 0 Å². The molecule has 1 nitrogen and oxygen atoms in total. The van der Waals surface area contributed by atoms with Gasteiger partial charge in [-0.25, -0.2) is 6.61 Å². The number of hydrogen-bond donors (Lipinski definition) is 0. The van der Waals surface area contributed by atoms with Crippen molar-refractivity contribution in [3.63, 3.8) is 0 Å². The van der Waals surface area contributed by atoms with Crippen LogP contribution in [0.5, 0.6) is 0 Å². The second-order valence-corrected chi connectivity index (χ2v) is 2.17. The molecule has 1 fully saturated rings. The van der Waals surface area contributed by atoms with E-state index < -0.39 is 0 Å². The first kappa shape index (κ1) is 8.56. The Morgan fingerprint density at radius 1 is 1.62 bits per heavy atom. The van der Waals surface area contributed by atoms with Crippen molar-refractivity contribution >= 4 is 0 Å². The Bertz CT molecular complexity index is 50.5. The Labute approximate surface area is 63.0 Å². The third kappa shape index (κ3) is 2.77. The SMILES string of the molecule is C[C@H]1C[CH-]OCC1.[Li+]. The predicted molar refractivity (Wildman–Crippen MR) is 28.6 cm³/mol. The molecule has 42 valence electrons. The molecule has 0 bridgehead atoms. The van der Waals surface area contributed by atoms with Gasteiger partial charge in [-0.3, -0.25) is 0 Å². The second kappa shape index (κ2) is 4.44. The number of hydrogen-bond acceptors (Lipinski definition) is 1. The minimum Gasteiger partial charge on any atom is -0.552 e. The molecule has 0 aromatic carbocycles. The van der Waals surface area contributed by atoms with Crippen molar-refractivity contribution in [3.8, 4) is 0 Å². The van der Waals surface area contributed by atoms with Crippen LogP contribution in [0.1, 0.15) is 19.8 Å². The van der Waals surface area contributed by atoms with Crippen LogP contribution in [-0.4, -0.2) is 6.61 Å². The molecule has 1 saturated heterocycles. The van der Waals surface area contributed by atoms with Gasteiger partial charge in [-0.15, -0.1) is 0 Å². The van der Waals surface area contributed by atoms with Crippen LogP contribution in [0, 0.1) is 12.5 Å². The van der Waals surface area contributed by atoms with Gasteiger partial charge in [0.2, 0.25) is 0 Å². The fourth-order valence-electron chi connectivity index (χ4n) is 0.703. The van der Waals surface area contributed by atoms with Gasteiger partial charge < -0.3 is 4.74 Å². The van der Waals surface area contributed by atoms with E-state index in [-0.39, 0.29) is 18.9 Å². The van der Waals surface area contributed by atoms with E-state index >= 15 is 0 Å². The zero-order valence-electron chi connectivity index (χ0n) is 5.68. The van der Waals surface area contributed by atoms with Crippen molar-refractivity contribution in [1.82, 2.24) is 0 Å². The molecule has 0 unspecified atom stereocenters. The second-order valence-electron chi connectivity index (χ2n) is 2.17. The average molecular weight is 106 g/mol. The Kier molecular flexibility index (Phi) is 4.75. The Balaban J connectivity index is 0.000000490. The van der Waals surface area contributed by atoms with Crippen LogP contribution in [0.25, 0.3) is 0 Å². The summed E-state index contributed by atoms with van der Waals surface area (Å²) in [5, 5.41) is 0. The summed E-state index contributed by atoms with van der Waals surface area (Å²) in [6, 6.07) is 0. The van der Waals surface area contributed by atoms with E-state index in [9.17, 15) is 0 Å². The van der Waals surface area contributed by atoms with Crippen LogP contribution in [0.4, 0.5) is 0 Å². The zero-order valence-corrected chi connectivity index (χ0v) is 5.68. The maximum absolute atomic E-state index is 5.01. The average Bonchev–Trinajstić information content (AvgIpc) is 1.69. The van der Waals surface area contributed by atoms with E-state index in [0.717, 1.165) is 18.9 Å². The molecule has 0 aromatic rings. The van der Waals surface area contributed by atoms with Crippen molar-refractivity contribution in [2.75, 3.05) is 6.61 Å². The quantitative estimate of drug-likeness (QED) is 0.272. The van der Waals surface area contributed by atoms with Crippen LogP contribution in [0.2, 0.25) is 0 Å². The van der Waals surface area contributed by atoms with Crippen LogP contribution in [0.3, 0.4) is 0 Å². The van der Waals surface area contributed by atoms with E-state index in [4.69, 9.17) is 4.74 Å². The first-order valence-electron chi connectivity index (χ1n) is 2.83. The van der Waals surface area contributed by atoms with Gasteiger partial charge in [-0.1, -0.05) is 12.8 Å². The molecule has 0 aliphatic carbocycles. The minimum atomic E-state index is 0. The summed E-state index contributed by atoms with van der Waals surface area (Å²) in [6.45, 7) is 5.09. The summed E-state index contributed by atoms with van der Waals surface area (Å²) in [5.74, 6) is 0.855. The summed E-state index contributed by atoms with van der Waals surface area (Å²) in [6.07, 6.45) is 2.37. The van der Waals surface area contributed by atoms with Crippen LogP contribution < -0.4 is 18.9 Å². The summed E-state index contributed by atoms with van der Waals surface area (Å²) in [5.41, 5.74) is 0. The Morgan fingerprint density at radius 2 is 2.38 bits per heavy atom. The molecule has 0 radical (unpaired) electrons. The minimum absolute atomic E-state index is 0. The van der Waals surface area contributed by atoms with E-state index in [1.165, 1.54) is 6.42 Å². The molecule has 1 rings (SSSR count). The first-order chi connectivity index (χ1) is 3.39. The third-order valence-corrected chi connectivity index (χ3v) is 1.34. The van der Waals surface area contributed by atoms with Gasteiger partial charge >= 0.3 is 18.9 Å². The van der Waals surface area contributed by atoms with Gasteiger partial charge in [0.1, 0.15) is 0 Å². The molecule has 8 heavy (non-hydrogen) atoms. The molecule has 0 spiro atoms. The van der Waals surface area contributed by atoms with Gasteiger partial charge in [0, 0.05) is 6.61 Å². The monoisotopic (exact) mass is 106 g/mol. The normalized spacial score (nSPS) is 28.9. The predicted octanol–water partition coefficient (Wildman–Crippen LogP) is -1.40. The third-order valence-electron chi connectivity index (χ3n) is 1.34. The number of ether oxygens (including phenoxy) is 1. The van der Waals surface area contributed by atoms with Crippen LogP contribution in [-0.2, 0) is 4.74 Å². The van der Waals surface area contributed by atoms with Gasteiger partial charge in [-0.2, -0.15) is 6.42 Å². The summed E-state index contributed by atoms with van der Waals surface area (Å²) in [7, 11) is 0. The van der Waals surface area contributed by atoms with Crippen LogP contribution in [0.15, 0.2) is 0 Å². The smallest absolute Gasteiger partial charge is 0.552 e. The molecular formula is C6H11LiO. The van der Waals surface area contributed by atoms with Crippen molar-refractivity contribution in [3.05, 3.63) is 6.61 Å². The zero-order chi connectivity index (χ0) is 5.11. The molecule has 1 aliphatic heterocycles. The van der Waals surface area contributed by atoms with Crippen molar-refractivity contribution in [2.24, 2.45) is 5.92 Å². The molecule has 1 atom stereocenters. The van der Waals surface area contributed by atoms with Gasteiger partial charge in [0.05, 0.1) is 0 Å². The topological polar surface area (TPSA) is 9.23 Å². The molecular weight excluding hydrogens is 95.0 g/mol. The molecule has 0 amide bonds. The van der Waals surface area contributed by atoms with E-state index in [2.05, 4.69) is 6.92 Å². The Morgan fingerprint density at radius 3 is 2.62 bits per heavy atom. The number of rotatable bonds is 0. The van der Waals surface area contributed by atoms with Crippen molar-refractivity contribution < 1.29 is 23.6 Å². The summed E-state index contributed by atoms with van der Waals surface area (Å²) < 4.78 is 5.01. The van der Waals surface area contributed by atoms with E-state index in [0.29, 0.717) is 0 Å². The molecule has 0 aromatic heterocycles. The van der Waals surface area contributed by atoms with E-state index in [1.54, 1.807) is 0 Å². The fourth-order valence-corrected chi connectivity index (χ4v) is 0.703. The van der Waals surface area contributed by atoms with Gasteiger partial charge in [0.25, 0.3) is 0 Å². The van der Waals surface area contributed by atoms with Crippen LogP contribution >= 0.6 is 0 Å². The first-order valence-corrected chi connectivity index (χ1v) is 2.83. The molecule has 0 N–H and O–H groups in total. The molecule has 2 heteroatoms. The summed E-state index contributed by atoms with van der Waals surface area (Å²) in [4.78, 5) is 0. The summed E-state index contributed by atoms with van der Waals surface area (Å²) >= 11 is 0. The fraction of sp³-hybridized carbons (Fsp3) is 0.833. The van der Waals surface area contributed by atoms with Gasteiger partial charge in [-0.05, 0) is 6.42 Å². The largest absolute Gasteiger partial charge is 1.00 e. The maximum Gasteiger partial charge on any atom is 1.00 e. The molecule has 1 aliphatic rings. The maximum atomic E-state index is 5.01. The molecule has 0 saturated carbocycles. The van der Waals surface area contributed by atoms with Crippen molar-refractivity contribution in [2.45, 2.75) is 19.8 Å². The Hall–Kier alpha value is 0.557. The standard InChI is InChI=1S/C6H11O.Li/c1-6-2-4-7-5-3-6;/h4,6H,2-3,5H2,1H3;/q-1;+1/t6-;/m0./s1. The van der Waals surface area contributed by atoms with E-state index in [1.807, 2.05) is 6.61 Å². The molecule has 1 heterocycles. The van der Waals surface area contributed by atoms with Gasteiger partial charge in [0.15, 0.2) is 0 Å².